The molecule has 0 aromatic carbocycles. The molecule has 0 fully saturated rings. The van der Waals surface area contributed by atoms with Gasteiger partial charge in [0.1, 0.15) is 0 Å². The first-order valence-electron chi connectivity index (χ1n) is 4.64. The van der Waals surface area contributed by atoms with Gasteiger partial charge in [0.2, 0.25) is 0 Å². The lowest BCUT2D eigenvalue weighted by Crippen LogP contribution is -2.09. The minimum absolute atomic E-state index is 0.0738. The Bertz CT molecular complexity index is 519. The molecular formula is C9H8F3N5. The number of alkyl halides is 3. The Kier molecular flexibility index (Phi) is 2.80. The fourth-order valence-electron chi connectivity index (χ4n) is 1.28. The Balaban J connectivity index is 2.44. The van der Waals surface area contributed by atoms with Crippen molar-refractivity contribution in [3.63, 3.8) is 0 Å². The second-order valence-electron chi connectivity index (χ2n) is 3.20. The normalized spacial score (nSPS) is 11.8. The van der Waals surface area contributed by atoms with Crippen molar-refractivity contribution in [2.24, 2.45) is 5.73 Å². The third-order valence-corrected chi connectivity index (χ3v) is 2.07. The Morgan fingerprint density at radius 1 is 1.24 bits per heavy atom. The lowest BCUT2D eigenvalue weighted by atomic mass is 10.3. The summed E-state index contributed by atoms with van der Waals surface area (Å²) in [4.78, 5) is 7.82. The maximum absolute atomic E-state index is 12.4. The molecule has 90 valence electrons. The van der Waals surface area contributed by atoms with Crippen molar-refractivity contribution in [3.8, 4) is 5.82 Å². The number of nitrogens with two attached hydrogens (primary N) is 1. The van der Waals surface area contributed by atoms with Gasteiger partial charge in [0.05, 0.1) is 17.5 Å². The summed E-state index contributed by atoms with van der Waals surface area (Å²) in [5.41, 5.74) is 4.95. The standard InChI is InChI=1S/C9H8F3N5/c10-9(11,12)6-4-16-17(5-6)8-7(3-13)14-1-2-15-8/h1-2,4-5H,3,13H2. The molecule has 0 bridgehead atoms. The summed E-state index contributed by atoms with van der Waals surface area (Å²) in [5.74, 6) is 0.200. The molecule has 0 spiro atoms. The first-order chi connectivity index (χ1) is 8.02. The van der Waals surface area contributed by atoms with Crippen LogP contribution in [-0.4, -0.2) is 19.7 Å². The van der Waals surface area contributed by atoms with Crippen LogP contribution in [0.5, 0.6) is 0 Å². The number of hydrogen-bond donors (Lipinski definition) is 1. The highest BCUT2D eigenvalue weighted by Gasteiger charge is 2.32. The highest BCUT2D eigenvalue weighted by molar-refractivity contribution is 5.28. The predicted molar refractivity (Wildman–Crippen MR) is 52.0 cm³/mol. The molecule has 2 aromatic rings. The predicted octanol–water partition coefficient (Wildman–Crippen LogP) is 1.14. The van der Waals surface area contributed by atoms with Gasteiger partial charge in [-0.05, 0) is 0 Å². The van der Waals surface area contributed by atoms with Crippen LogP contribution >= 0.6 is 0 Å². The van der Waals surface area contributed by atoms with E-state index in [1.807, 2.05) is 0 Å². The first kappa shape index (κ1) is 11.5. The quantitative estimate of drug-likeness (QED) is 0.858. The fraction of sp³-hybridized carbons (Fsp3) is 0.222. The van der Waals surface area contributed by atoms with Gasteiger partial charge in [0, 0.05) is 25.1 Å². The average Bonchev–Trinajstić information content (AvgIpc) is 2.77. The molecular weight excluding hydrogens is 235 g/mol. The van der Waals surface area contributed by atoms with Gasteiger partial charge in [-0.15, -0.1) is 0 Å². The van der Waals surface area contributed by atoms with Crippen molar-refractivity contribution in [2.75, 3.05) is 0 Å². The van der Waals surface area contributed by atoms with Crippen molar-refractivity contribution >= 4 is 0 Å². The average molecular weight is 243 g/mol. The van der Waals surface area contributed by atoms with Crippen molar-refractivity contribution in [1.29, 1.82) is 0 Å². The maximum Gasteiger partial charge on any atom is 0.419 e. The molecule has 0 saturated carbocycles. The molecule has 2 aromatic heterocycles. The summed E-state index contributed by atoms with van der Waals surface area (Å²) in [6.07, 6.45) is -0.0647. The van der Waals surface area contributed by atoms with Gasteiger partial charge < -0.3 is 5.73 Å². The molecule has 0 atom stereocenters. The lowest BCUT2D eigenvalue weighted by Gasteiger charge is -2.04. The maximum atomic E-state index is 12.4. The van der Waals surface area contributed by atoms with Crippen LogP contribution in [0.25, 0.3) is 5.82 Å². The van der Waals surface area contributed by atoms with Gasteiger partial charge in [0.15, 0.2) is 5.82 Å². The molecule has 5 nitrogen and oxygen atoms in total. The number of hydrogen-bond acceptors (Lipinski definition) is 4. The zero-order chi connectivity index (χ0) is 12.5. The highest BCUT2D eigenvalue weighted by Crippen LogP contribution is 2.29. The van der Waals surface area contributed by atoms with Gasteiger partial charge in [0.25, 0.3) is 0 Å². The molecule has 17 heavy (non-hydrogen) atoms. The minimum Gasteiger partial charge on any atom is -0.325 e. The summed E-state index contributed by atoms with van der Waals surface area (Å²) in [5, 5.41) is 3.60. The zero-order valence-electron chi connectivity index (χ0n) is 8.52. The van der Waals surface area contributed by atoms with E-state index in [1.54, 1.807) is 0 Å². The fourth-order valence-corrected chi connectivity index (χ4v) is 1.28. The molecule has 2 rings (SSSR count). The van der Waals surface area contributed by atoms with Crippen LogP contribution in [0, 0.1) is 0 Å². The van der Waals surface area contributed by atoms with Crippen LogP contribution in [0.2, 0.25) is 0 Å². The van der Waals surface area contributed by atoms with Crippen LogP contribution in [0.1, 0.15) is 11.3 Å². The lowest BCUT2D eigenvalue weighted by molar-refractivity contribution is -0.137. The molecule has 2 N–H and O–H groups in total. The topological polar surface area (TPSA) is 69.6 Å². The highest BCUT2D eigenvalue weighted by atomic mass is 19.4. The van der Waals surface area contributed by atoms with E-state index in [4.69, 9.17) is 5.73 Å². The summed E-state index contributed by atoms with van der Waals surface area (Å²) in [7, 11) is 0. The van der Waals surface area contributed by atoms with E-state index in [2.05, 4.69) is 15.1 Å². The Labute approximate surface area is 94.1 Å². The van der Waals surface area contributed by atoms with Crippen LogP contribution in [0.4, 0.5) is 13.2 Å². The van der Waals surface area contributed by atoms with Gasteiger partial charge in [-0.25, -0.2) is 9.67 Å². The first-order valence-corrected chi connectivity index (χ1v) is 4.64. The second kappa shape index (κ2) is 4.13. The zero-order valence-corrected chi connectivity index (χ0v) is 8.52. The monoisotopic (exact) mass is 243 g/mol. The SMILES string of the molecule is NCc1nccnc1-n1cc(C(F)(F)F)cn1. The van der Waals surface area contributed by atoms with Crippen LogP contribution < -0.4 is 5.73 Å². The molecule has 2 heterocycles. The number of aromatic nitrogens is 4. The molecule has 8 heteroatoms. The van der Waals surface area contributed by atoms with Crippen molar-refractivity contribution in [3.05, 3.63) is 36.0 Å². The van der Waals surface area contributed by atoms with E-state index in [0.717, 1.165) is 17.1 Å². The van der Waals surface area contributed by atoms with Gasteiger partial charge in [-0.2, -0.15) is 18.3 Å². The molecule has 0 radical (unpaired) electrons. The summed E-state index contributed by atoms with van der Waals surface area (Å²) in [6.45, 7) is 0.0738. The number of nitrogens with zero attached hydrogens (tertiary/aromatic N) is 4. The van der Waals surface area contributed by atoms with E-state index in [1.165, 1.54) is 12.4 Å². The Morgan fingerprint density at radius 3 is 2.53 bits per heavy atom. The molecule has 0 aliphatic heterocycles. The smallest absolute Gasteiger partial charge is 0.325 e. The van der Waals surface area contributed by atoms with Crippen molar-refractivity contribution < 1.29 is 13.2 Å². The van der Waals surface area contributed by atoms with E-state index < -0.39 is 11.7 Å². The van der Waals surface area contributed by atoms with E-state index >= 15 is 0 Å². The van der Waals surface area contributed by atoms with Gasteiger partial charge >= 0.3 is 6.18 Å². The molecule has 0 amide bonds. The van der Waals surface area contributed by atoms with E-state index in [0.29, 0.717) is 5.69 Å². The number of rotatable bonds is 2. The second-order valence-corrected chi connectivity index (χ2v) is 3.20. The Hall–Kier alpha value is -1.96. The molecule has 0 unspecified atom stereocenters. The van der Waals surface area contributed by atoms with Crippen molar-refractivity contribution in [2.45, 2.75) is 12.7 Å². The largest absolute Gasteiger partial charge is 0.419 e. The minimum atomic E-state index is -4.43. The van der Waals surface area contributed by atoms with Crippen LogP contribution in [-0.2, 0) is 12.7 Å². The van der Waals surface area contributed by atoms with E-state index in [9.17, 15) is 13.2 Å². The molecule has 0 saturated heterocycles. The van der Waals surface area contributed by atoms with Crippen molar-refractivity contribution in [1.82, 2.24) is 19.7 Å². The molecule has 0 aliphatic rings. The third kappa shape index (κ3) is 2.26. The third-order valence-electron chi connectivity index (χ3n) is 2.07. The van der Waals surface area contributed by atoms with Gasteiger partial charge in [-0.1, -0.05) is 0 Å². The number of halogens is 3. The molecule has 0 aliphatic carbocycles. The van der Waals surface area contributed by atoms with Crippen LogP contribution in [0.15, 0.2) is 24.8 Å². The van der Waals surface area contributed by atoms with E-state index in [-0.39, 0.29) is 12.4 Å². The van der Waals surface area contributed by atoms with Crippen LogP contribution in [0.3, 0.4) is 0 Å². The summed E-state index contributed by atoms with van der Waals surface area (Å²) >= 11 is 0. The Morgan fingerprint density at radius 2 is 1.94 bits per heavy atom. The summed E-state index contributed by atoms with van der Waals surface area (Å²) in [6, 6.07) is 0. The summed E-state index contributed by atoms with van der Waals surface area (Å²) < 4.78 is 38.2. The van der Waals surface area contributed by atoms with Gasteiger partial charge in [-0.3, -0.25) is 4.98 Å².